The van der Waals surface area contributed by atoms with Crippen LogP contribution in [-0.4, -0.2) is 43.4 Å². The third-order valence-corrected chi connectivity index (χ3v) is 4.91. The average molecular weight is 336 g/mol. The van der Waals surface area contributed by atoms with E-state index >= 15 is 0 Å². The van der Waals surface area contributed by atoms with Crippen LogP contribution in [0.1, 0.15) is 30.7 Å². The molecule has 1 aliphatic heterocycles. The summed E-state index contributed by atoms with van der Waals surface area (Å²) in [6.45, 7) is 3.94. The molecular formula is C19H24N6. The van der Waals surface area contributed by atoms with E-state index in [4.69, 9.17) is 0 Å². The largest absolute Gasteiger partial charge is 0.317 e. The quantitative estimate of drug-likeness (QED) is 0.774. The molecule has 1 saturated heterocycles. The number of imidazole rings is 1. The van der Waals surface area contributed by atoms with Gasteiger partial charge in [-0.3, -0.25) is 19.3 Å². The fraction of sp³-hybridized carbons (Fsp3) is 0.421. The first-order valence-corrected chi connectivity index (χ1v) is 9.01. The maximum atomic E-state index is 4.54. The van der Waals surface area contributed by atoms with Crippen LogP contribution in [0.2, 0.25) is 0 Å². The van der Waals surface area contributed by atoms with Gasteiger partial charge in [0.2, 0.25) is 0 Å². The van der Waals surface area contributed by atoms with Crippen LogP contribution in [0.15, 0.2) is 49.2 Å². The summed E-state index contributed by atoms with van der Waals surface area (Å²) in [5.74, 6) is 0. The second-order valence-corrected chi connectivity index (χ2v) is 6.61. The minimum Gasteiger partial charge on any atom is -0.317 e. The molecule has 25 heavy (non-hydrogen) atoms. The van der Waals surface area contributed by atoms with Crippen LogP contribution in [0.3, 0.4) is 0 Å². The van der Waals surface area contributed by atoms with Gasteiger partial charge in [0.05, 0.1) is 23.8 Å². The van der Waals surface area contributed by atoms with Crippen LogP contribution < -0.4 is 5.32 Å². The van der Waals surface area contributed by atoms with E-state index in [1.165, 1.54) is 25.0 Å². The molecule has 1 unspecified atom stereocenters. The van der Waals surface area contributed by atoms with Crippen LogP contribution in [0.25, 0.3) is 5.65 Å². The average Bonchev–Trinajstić information content (AvgIpc) is 2.88. The van der Waals surface area contributed by atoms with Crippen molar-refractivity contribution in [2.45, 2.75) is 38.4 Å². The zero-order valence-corrected chi connectivity index (χ0v) is 14.4. The van der Waals surface area contributed by atoms with Crippen molar-refractivity contribution in [3.05, 3.63) is 60.6 Å². The lowest BCUT2D eigenvalue weighted by Crippen LogP contribution is -2.35. The lowest BCUT2D eigenvalue weighted by Gasteiger charge is -2.30. The number of aromatic nitrogens is 4. The molecule has 6 heteroatoms. The Bertz CT molecular complexity index is 792. The van der Waals surface area contributed by atoms with Gasteiger partial charge in [0.25, 0.3) is 0 Å². The van der Waals surface area contributed by atoms with E-state index in [0.29, 0.717) is 6.04 Å². The van der Waals surface area contributed by atoms with Gasteiger partial charge in [0.1, 0.15) is 0 Å². The number of rotatable bonds is 5. The highest BCUT2D eigenvalue weighted by atomic mass is 15.2. The molecule has 1 atom stereocenters. The molecule has 0 spiro atoms. The van der Waals surface area contributed by atoms with E-state index in [0.717, 1.165) is 37.5 Å². The Labute approximate surface area is 147 Å². The van der Waals surface area contributed by atoms with Gasteiger partial charge in [0, 0.05) is 37.7 Å². The molecule has 4 rings (SSSR count). The van der Waals surface area contributed by atoms with Gasteiger partial charge in [-0.1, -0.05) is 6.07 Å². The van der Waals surface area contributed by atoms with E-state index in [1.807, 2.05) is 37.1 Å². The molecule has 0 amide bonds. The number of hydrogen-bond acceptors (Lipinski definition) is 5. The lowest BCUT2D eigenvalue weighted by atomic mass is 10.1. The van der Waals surface area contributed by atoms with E-state index in [-0.39, 0.29) is 0 Å². The topological polar surface area (TPSA) is 58.4 Å². The summed E-state index contributed by atoms with van der Waals surface area (Å²) in [4.78, 5) is 15.7. The molecule has 1 aliphatic rings. The summed E-state index contributed by atoms with van der Waals surface area (Å²) in [7, 11) is 0. The summed E-state index contributed by atoms with van der Waals surface area (Å²) in [6, 6.07) is 6.71. The zero-order valence-electron chi connectivity index (χ0n) is 14.4. The van der Waals surface area contributed by atoms with E-state index in [2.05, 4.69) is 41.7 Å². The number of hydrogen-bond donors (Lipinski definition) is 1. The summed E-state index contributed by atoms with van der Waals surface area (Å²) in [6.07, 6.45) is 13.1. The lowest BCUT2D eigenvalue weighted by molar-refractivity contribution is 0.160. The van der Waals surface area contributed by atoms with Crippen molar-refractivity contribution >= 4 is 5.65 Å². The van der Waals surface area contributed by atoms with Crippen molar-refractivity contribution < 1.29 is 0 Å². The highest BCUT2D eigenvalue weighted by Crippen LogP contribution is 2.19. The second-order valence-electron chi connectivity index (χ2n) is 6.61. The molecule has 1 fully saturated rings. The number of nitrogens with zero attached hydrogens (tertiary/aromatic N) is 5. The van der Waals surface area contributed by atoms with Crippen LogP contribution in [0.4, 0.5) is 0 Å². The minimum absolute atomic E-state index is 0.560. The van der Waals surface area contributed by atoms with Crippen LogP contribution in [-0.2, 0) is 13.1 Å². The smallest absolute Gasteiger partial charge is 0.155 e. The van der Waals surface area contributed by atoms with Crippen molar-refractivity contribution in [1.82, 2.24) is 29.6 Å². The van der Waals surface area contributed by atoms with Gasteiger partial charge in [0.15, 0.2) is 5.65 Å². The fourth-order valence-corrected chi connectivity index (χ4v) is 3.60. The highest BCUT2D eigenvalue weighted by molar-refractivity contribution is 5.36. The molecule has 0 bridgehead atoms. The Morgan fingerprint density at radius 1 is 1.08 bits per heavy atom. The molecule has 6 nitrogen and oxygen atoms in total. The predicted molar refractivity (Wildman–Crippen MR) is 97.0 cm³/mol. The van der Waals surface area contributed by atoms with Gasteiger partial charge in [-0.2, -0.15) is 0 Å². The molecule has 0 aromatic carbocycles. The van der Waals surface area contributed by atoms with Crippen molar-refractivity contribution in [3.8, 4) is 0 Å². The summed E-state index contributed by atoms with van der Waals surface area (Å²) >= 11 is 0. The van der Waals surface area contributed by atoms with Crippen molar-refractivity contribution in [1.29, 1.82) is 0 Å². The first-order chi connectivity index (χ1) is 12.4. The minimum atomic E-state index is 0.560. The van der Waals surface area contributed by atoms with Crippen molar-refractivity contribution in [2.24, 2.45) is 0 Å². The SMILES string of the molecule is c1ccc(CN(Cc2cnc3cnccn23)C2CCCNCC2)nc1. The van der Waals surface area contributed by atoms with Gasteiger partial charge in [-0.15, -0.1) is 0 Å². The van der Waals surface area contributed by atoms with Gasteiger partial charge in [-0.05, 0) is 44.5 Å². The Kier molecular flexibility index (Phi) is 4.99. The molecule has 0 aliphatic carbocycles. The van der Waals surface area contributed by atoms with Gasteiger partial charge in [-0.25, -0.2) is 4.98 Å². The molecule has 3 aromatic heterocycles. The zero-order chi connectivity index (χ0) is 16.9. The van der Waals surface area contributed by atoms with E-state index < -0.39 is 0 Å². The molecule has 1 N–H and O–H groups in total. The Balaban J connectivity index is 1.59. The first-order valence-electron chi connectivity index (χ1n) is 9.01. The van der Waals surface area contributed by atoms with Crippen molar-refractivity contribution in [3.63, 3.8) is 0 Å². The highest BCUT2D eigenvalue weighted by Gasteiger charge is 2.22. The third kappa shape index (κ3) is 3.86. The maximum Gasteiger partial charge on any atom is 0.155 e. The molecule has 0 radical (unpaired) electrons. The monoisotopic (exact) mass is 336 g/mol. The molecule has 3 aromatic rings. The molecule has 130 valence electrons. The number of pyridine rings is 1. The van der Waals surface area contributed by atoms with Gasteiger partial charge < -0.3 is 5.32 Å². The van der Waals surface area contributed by atoms with Crippen molar-refractivity contribution in [2.75, 3.05) is 13.1 Å². The van der Waals surface area contributed by atoms with Crippen LogP contribution in [0, 0.1) is 0 Å². The maximum absolute atomic E-state index is 4.54. The standard InChI is InChI=1S/C19H24N6/c1-2-8-22-16(4-1)14-24(17-5-3-7-20-9-6-17)15-18-12-23-19-13-21-10-11-25(18)19/h1-2,4,8,10-13,17,20H,3,5-7,9,14-15H2. The Hall–Kier alpha value is -2.31. The van der Waals surface area contributed by atoms with Crippen LogP contribution >= 0.6 is 0 Å². The predicted octanol–water partition coefficient (Wildman–Crippen LogP) is 2.27. The number of fused-ring (bicyclic) bond motifs is 1. The summed E-state index contributed by atoms with van der Waals surface area (Å²) < 4.78 is 2.13. The number of nitrogens with one attached hydrogen (secondary N) is 1. The fourth-order valence-electron chi connectivity index (χ4n) is 3.60. The molecule has 0 saturated carbocycles. The third-order valence-electron chi connectivity index (χ3n) is 4.91. The molecular weight excluding hydrogens is 312 g/mol. The second kappa shape index (κ2) is 7.72. The van der Waals surface area contributed by atoms with E-state index in [9.17, 15) is 0 Å². The molecule has 4 heterocycles. The van der Waals surface area contributed by atoms with Gasteiger partial charge >= 0.3 is 0 Å². The summed E-state index contributed by atoms with van der Waals surface area (Å²) in [5.41, 5.74) is 3.22. The summed E-state index contributed by atoms with van der Waals surface area (Å²) in [5, 5.41) is 3.52. The Morgan fingerprint density at radius 2 is 2.08 bits per heavy atom. The Morgan fingerprint density at radius 3 is 3.00 bits per heavy atom. The first kappa shape index (κ1) is 16.2. The van der Waals surface area contributed by atoms with E-state index in [1.54, 1.807) is 0 Å². The normalized spacial score (nSPS) is 18.5. The van der Waals surface area contributed by atoms with Crippen LogP contribution in [0.5, 0.6) is 0 Å².